The molecule has 0 aromatic rings. The van der Waals surface area contributed by atoms with Crippen LogP contribution in [0.4, 0.5) is 0 Å². The van der Waals surface area contributed by atoms with Crippen molar-refractivity contribution in [3.8, 4) is 0 Å². The van der Waals surface area contributed by atoms with Gasteiger partial charge in [-0.15, -0.1) is 0 Å². The standard InChI is InChI=1S/C11H23O2Si/c1-8(2)14(9(3)4,10(5)6)13-11(7)12/h8-10H,7H2,1-6H3. The van der Waals surface area contributed by atoms with E-state index in [9.17, 15) is 4.79 Å². The summed E-state index contributed by atoms with van der Waals surface area (Å²) in [5.41, 5.74) is 1.31. The molecule has 0 saturated carbocycles. The van der Waals surface area contributed by atoms with Gasteiger partial charge < -0.3 is 4.43 Å². The first-order chi connectivity index (χ1) is 6.25. The molecule has 0 amide bonds. The normalized spacial score (nSPS) is 12.7. The Bertz CT molecular complexity index is 176. The summed E-state index contributed by atoms with van der Waals surface area (Å²) in [5, 5.41) is 0. The summed E-state index contributed by atoms with van der Waals surface area (Å²) < 4.78 is 5.61. The summed E-state index contributed by atoms with van der Waals surface area (Å²) in [6.07, 6.45) is 0. The van der Waals surface area contributed by atoms with E-state index in [1.54, 1.807) is 0 Å². The maximum absolute atomic E-state index is 11.1. The van der Waals surface area contributed by atoms with Gasteiger partial charge in [0, 0.05) is 0 Å². The van der Waals surface area contributed by atoms with Crippen molar-refractivity contribution in [2.24, 2.45) is 0 Å². The molecule has 0 bridgehead atoms. The van der Waals surface area contributed by atoms with Crippen molar-refractivity contribution in [2.75, 3.05) is 0 Å². The molecule has 0 aliphatic carbocycles. The van der Waals surface area contributed by atoms with Crippen molar-refractivity contribution in [1.82, 2.24) is 0 Å². The monoisotopic (exact) mass is 215 g/mol. The quantitative estimate of drug-likeness (QED) is 0.670. The Hall–Kier alpha value is -0.313. The van der Waals surface area contributed by atoms with Crippen LogP contribution < -0.4 is 0 Å². The molecule has 2 nitrogen and oxygen atoms in total. The van der Waals surface area contributed by atoms with Crippen LogP contribution in [0.1, 0.15) is 41.5 Å². The lowest BCUT2D eigenvalue weighted by Gasteiger charge is -2.40. The highest BCUT2D eigenvalue weighted by Crippen LogP contribution is 2.42. The molecular formula is C11H23O2Si. The zero-order valence-electron chi connectivity index (χ0n) is 10.3. The molecule has 0 heterocycles. The van der Waals surface area contributed by atoms with Crippen LogP contribution in [0.5, 0.6) is 0 Å². The van der Waals surface area contributed by atoms with Crippen LogP contribution in [0.2, 0.25) is 16.6 Å². The van der Waals surface area contributed by atoms with E-state index in [4.69, 9.17) is 4.43 Å². The highest BCUT2D eigenvalue weighted by Gasteiger charge is 2.47. The number of rotatable bonds is 4. The Morgan fingerprint density at radius 1 is 1.00 bits per heavy atom. The molecule has 1 radical (unpaired) electrons. The smallest absolute Gasteiger partial charge is 0.293 e. The van der Waals surface area contributed by atoms with E-state index in [-0.39, 0.29) is 5.97 Å². The van der Waals surface area contributed by atoms with Crippen LogP contribution in [0.3, 0.4) is 0 Å². The first-order valence-corrected chi connectivity index (χ1v) is 7.44. The summed E-state index contributed by atoms with van der Waals surface area (Å²) in [4.78, 5) is 11.1. The molecule has 0 aromatic heterocycles. The van der Waals surface area contributed by atoms with E-state index in [0.29, 0.717) is 16.6 Å². The Labute approximate surface area is 89.2 Å². The fourth-order valence-electron chi connectivity index (χ4n) is 2.55. The Morgan fingerprint density at radius 2 is 1.29 bits per heavy atom. The third-order valence-corrected chi connectivity index (χ3v) is 8.99. The van der Waals surface area contributed by atoms with Crippen LogP contribution >= 0.6 is 0 Å². The first kappa shape index (κ1) is 13.7. The van der Waals surface area contributed by atoms with Gasteiger partial charge in [-0.2, -0.15) is 0 Å². The Balaban J connectivity index is 5.05. The van der Waals surface area contributed by atoms with Crippen molar-refractivity contribution in [3.63, 3.8) is 0 Å². The zero-order chi connectivity index (χ0) is 11.5. The molecule has 0 spiro atoms. The molecule has 0 unspecified atom stereocenters. The Morgan fingerprint density at radius 3 is 1.36 bits per heavy atom. The molecule has 83 valence electrons. The van der Waals surface area contributed by atoms with Crippen LogP contribution in [0.25, 0.3) is 0 Å². The van der Waals surface area contributed by atoms with Gasteiger partial charge in [-0.25, -0.2) is 0 Å². The fraction of sp³-hybridized carbons (Fsp3) is 0.818. The second-order valence-corrected chi connectivity index (χ2v) is 10.2. The lowest BCUT2D eigenvalue weighted by Crippen LogP contribution is -2.48. The summed E-state index contributed by atoms with van der Waals surface area (Å²) >= 11 is 0. The van der Waals surface area contributed by atoms with Gasteiger partial charge in [0.05, 0.1) is 6.92 Å². The van der Waals surface area contributed by atoms with E-state index >= 15 is 0 Å². The second kappa shape index (κ2) is 4.96. The minimum absolute atomic E-state index is 0.368. The van der Waals surface area contributed by atoms with Gasteiger partial charge in [-0.1, -0.05) is 41.5 Å². The maximum Gasteiger partial charge on any atom is 0.293 e. The minimum Gasteiger partial charge on any atom is -0.518 e. The second-order valence-electron chi connectivity index (χ2n) is 4.79. The van der Waals surface area contributed by atoms with E-state index in [2.05, 4.69) is 48.5 Å². The summed E-state index contributed by atoms with van der Waals surface area (Å²) in [7, 11) is -2.00. The number of hydrogen-bond acceptors (Lipinski definition) is 2. The third-order valence-electron chi connectivity index (χ3n) is 3.00. The first-order valence-electron chi connectivity index (χ1n) is 5.30. The number of carbonyl (C=O) groups excluding carboxylic acids is 1. The molecule has 3 heteroatoms. The molecule has 0 fully saturated rings. The summed E-state index contributed by atoms with van der Waals surface area (Å²) in [6.45, 7) is 16.2. The maximum atomic E-state index is 11.1. The van der Waals surface area contributed by atoms with Gasteiger partial charge in [0.2, 0.25) is 0 Å². The third kappa shape index (κ3) is 2.59. The highest BCUT2D eigenvalue weighted by atomic mass is 28.4. The highest BCUT2D eigenvalue weighted by molar-refractivity contribution is 6.78. The summed E-state index contributed by atoms with van der Waals surface area (Å²) in [5.74, 6) is -0.368. The molecule has 0 aliphatic rings. The van der Waals surface area contributed by atoms with E-state index < -0.39 is 8.32 Å². The molecule has 0 N–H and O–H groups in total. The molecule has 0 atom stereocenters. The van der Waals surface area contributed by atoms with Gasteiger partial charge in [0.15, 0.2) is 0 Å². The molecular weight excluding hydrogens is 192 g/mol. The van der Waals surface area contributed by atoms with Crippen molar-refractivity contribution in [1.29, 1.82) is 0 Å². The summed E-state index contributed by atoms with van der Waals surface area (Å²) in [6, 6.07) is 0. The van der Waals surface area contributed by atoms with Crippen LogP contribution in [-0.2, 0) is 9.22 Å². The Kier molecular flexibility index (Phi) is 4.85. The molecule has 0 aromatic carbocycles. The fourth-order valence-corrected chi connectivity index (χ4v) is 7.65. The van der Waals surface area contributed by atoms with Gasteiger partial charge in [-0.3, -0.25) is 4.79 Å². The largest absolute Gasteiger partial charge is 0.518 e. The van der Waals surface area contributed by atoms with Gasteiger partial charge in [0.1, 0.15) is 0 Å². The van der Waals surface area contributed by atoms with Crippen molar-refractivity contribution < 1.29 is 9.22 Å². The van der Waals surface area contributed by atoms with Crippen molar-refractivity contribution in [3.05, 3.63) is 6.92 Å². The average Bonchev–Trinajstić information content (AvgIpc) is 1.97. The van der Waals surface area contributed by atoms with Crippen LogP contribution in [0.15, 0.2) is 0 Å². The van der Waals surface area contributed by atoms with Gasteiger partial charge >= 0.3 is 0 Å². The average molecular weight is 215 g/mol. The SMILES string of the molecule is [CH2]C(=O)O[Si](C(C)C)(C(C)C)C(C)C. The zero-order valence-corrected chi connectivity index (χ0v) is 11.3. The topological polar surface area (TPSA) is 26.3 Å². The van der Waals surface area contributed by atoms with Crippen LogP contribution in [0, 0.1) is 6.92 Å². The molecule has 0 rings (SSSR count). The van der Waals surface area contributed by atoms with Crippen LogP contribution in [-0.4, -0.2) is 14.3 Å². The molecule has 14 heavy (non-hydrogen) atoms. The molecule has 0 aliphatic heterocycles. The van der Waals surface area contributed by atoms with Gasteiger partial charge in [-0.05, 0) is 16.6 Å². The van der Waals surface area contributed by atoms with Crippen molar-refractivity contribution >= 4 is 14.3 Å². The lowest BCUT2D eigenvalue weighted by molar-refractivity contribution is -0.130. The van der Waals surface area contributed by atoms with E-state index in [0.717, 1.165) is 0 Å². The number of hydrogen-bond donors (Lipinski definition) is 0. The van der Waals surface area contributed by atoms with Crippen molar-refractivity contribution in [2.45, 2.75) is 58.2 Å². The predicted octanol–water partition coefficient (Wildman–Crippen LogP) is 3.54. The van der Waals surface area contributed by atoms with E-state index in [1.165, 1.54) is 0 Å². The minimum atomic E-state index is -2.00. The van der Waals surface area contributed by atoms with Gasteiger partial charge in [0.25, 0.3) is 14.3 Å². The molecule has 0 saturated heterocycles. The number of carbonyl (C=O) groups is 1. The lowest BCUT2D eigenvalue weighted by atomic mass is 10.5. The predicted molar refractivity (Wildman–Crippen MR) is 62.5 cm³/mol. The van der Waals surface area contributed by atoms with E-state index in [1.807, 2.05) is 0 Å².